The van der Waals surface area contributed by atoms with Crippen LogP contribution in [0.25, 0.3) is 0 Å². The van der Waals surface area contributed by atoms with Crippen molar-refractivity contribution in [3.8, 4) is 0 Å². The van der Waals surface area contributed by atoms with Crippen LogP contribution in [0.15, 0.2) is 0 Å². The highest BCUT2D eigenvalue weighted by atomic mass is 32.1. The van der Waals surface area contributed by atoms with E-state index in [1.54, 1.807) is 0 Å². The zero-order valence-electron chi connectivity index (χ0n) is 8.14. The van der Waals surface area contributed by atoms with Gasteiger partial charge in [0.1, 0.15) is 5.82 Å². The molecule has 2 saturated heterocycles. The molecule has 0 unspecified atom stereocenters. The summed E-state index contributed by atoms with van der Waals surface area (Å²) >= 11 is 1.52. The molecule has 2 fully saturated rings. The van der Waals surface area contributed by atoms with Crippen molar-refractivity contribution < 1.29 is 4.74 Å². The van der Waals surface area contributed by atoms with Gasteiger partial charge >= 0.3 is 0 Å². The Morgan fingerprint density at radius 2 is 2.29 bits per heavy atom. The second-order valence-corrected chi connectivity index (χ2v) is 4.57. The molecule has 2 bridgehead atoms. The molecule has 14 heavy (non-hydrogen) atoms. The van der Waals surface area contributed by atoms with Crippen LogP contribution >= 0.6 is 11.5 Å². The number of ether oxygens (including phenoxy) is 1. The molecule has 5 heteroatoms. The van der Waals surface area contributed by atoms with Crippen molar-refractivity contribution in [2.24, 2.45) is 0 Å². The van der Waals surface area contributed by atoms with Crippen LogP contribution in [-0.4, -0.2) is 34.7 Å². The predicted molar refractivity (Wildman–Crippen MR) is 54.8 cm³/mol. The average molecular weight is 211 g/mol. The van der Waals surface area contributed by atoms with Gasteiger partial charge in [0.15, 0.2) is 0 Å². The summed E-state index contributed by atoms with van der Waals surface area (Å²) in [6.07, 6.45) is 2.19. The van der Waals surface area contributed by atoms with Gasteiger partial charge in [-0.25, -0.2) is 4.98 Å². The minimum atomic E-state index is 0.561. The molecule has 0 aromatic carbocycles. The normalized spacial score (nSPS) is 30.2. The van der Waals surface area contributed by atoms with E-state index in [1.165, 1.54) is 18.0 Å². The van der Waals surface area contributed by atoms with Crippen LogP contribution in [0.3, 0.4) is 0 Å². The highest BCUT2D eigenvalue weighted by Gasteiger charge is 2.43. The highest BCUT2D eigenvalue weighted by Crippen LogP contribution is 2.36. The molecular formula is C9H13N3OS. The SMILES string of the molecule is CCc1nsc(N2[C@H]3COC[C@H]2C3)n1. The number of fused-ring (bicyclic) bond motifs is 2. The lowest BCUT2D eigenvalue weighted by atomic mass is 9.92. The minimum Gasteiger partial charge on any atom is -0.377 e. The number of rotatable bonds is 2. The maximum Gasteiger partial charge on any atom is 0.205 e. The molecule has 0 spiro atoms. The van der Waals surface area contributed by atoms with Gasteiger partial charge < -0.3 is 9.64 Å². The topological polar surface area (TPSA) is 38.2 Å². The summed E-state index contributed by atoms with van der Waals surface area (Å²) in [5.74, 6) is 0.968. The molecule has 0 aliphatic carbocycles. The molecule has 0 amide bonds. The largest absolute Gasteiger partial charge is 0.377 e. The van der Waals surface area contributed by atoms with E-state index in [-0.39, 0.29) is 0 Å². The van der Waals surface area contributed by atoms with Gasteiger partial charge in [-0.05, 0) is 6.42 Å². The molecule has 0 saturated carbocycles. The van der Waals surface area contributed by atoms with Crippen LogP contribution in [0.2, 0.25) is 0 Å². The van der Waals surface area contributed by atoms with Crippen LogP contribution in [0, 0.1) is 0 Å². The van der Waals surface area contributed by atoms with Gasteiger partial charge in [-0.3, -0.25) is 0 Å². The van der Waals surface area contributed by atoms with Gasteiger partial charge in [0.25, 0.3) is 0 Å². The number of hydrogen-bond acceptors (Lipinski definition) is 5. The third-order valence-corrected chi connectivity index (χ3v) is 3.71. The van der Waals surface area contributed by atoms with Crippen molar-refractivity contribution in [2.75, 3.05) is 18.1 Å². The fourth-order valence-corrected chi connectivity index (χ4v) is 3.04. The Balaban J connectivity index is 1.82. The zero-order valence-corrected chi connectivity index (χ0v) is 8.96. The van der Waals surface area contributed by atoms with Crippen molar-refractivity contribution in [1.29, 1.82) is 0 Å². The van der Waals surface area contributed by atoms with Gasteiger partial charge in [0, 0.05) is 18.0 Å². The molecule has 4 nitrogen and oxygen atoms in total. The Morgan fingerprint density at radius 1 is 1.50 bits per heavy atom. The first-order valence-corrected chi connectivity index (χ1v) is 5.84. The van der Waals surface area contributed by atoms with Gasteiger partial charge in [-0.15, -0.1) is 0 Å². The summed E-state index contributed by atoms with van der Waals surface area (Å²) in [4.78, 5) is 6.89. The zero-order chi connectivity index (χ0) is 9.54. The van der Waals surface area contributed by atoms with E-state index in [0.717, 1.165) is 30.6 Å². The van der Waals surface area contributed by atoms with Crippen LogP contribution in [0.5, 0.6) is 0 Å². The molecular weight excluding hydrogens is 198 g/mol. The van der Waals surface area contributed by atoms with E-state index in [4.69, 9.17) is 4.74 Å². The first kappa shape index (κ1) is 8.61. The lowest BCUT2D eigenvalue weighted by molar-refractivity contribution is 0.0103. The maximum atomic E-state index is 5.43. The fourth-order valence-electron chi connectivity index (χ4n) is 2.14. The summed E-state index contributed by atoms with van der Waals surface area (Å²) < 4.78 is 9.74. The van der Waals surface area contributed by atoms with Gasteiger partial charge in [-0.2, -0.15) is 4.37 Å². The van der Waals surface area contributed by atoms with E-state index in [9.17, 15) is 0 Å². The van der Waals surface area contributed by atoms with Gasteiger partial charge in [0.2, 0.25) is 5.13 Å². The van der Waals surface area contributed by atoms with Crippen molar-refractivity contribution in [3.63, 3.8) is 0 Å². The molecule has 2 aliphatic rings. The van der Waals surface area contributed by atoms with E-state index in [0.29, 0.717) is 12.1 Å². The third kappa shape index (κ3) is 1.15. The average Bonchev–Trinajstić information content (AvgIpc) is 2.67. The Morgan fingerprint density at radius 3 is 2.86 bits per heavy atom. The Bertz CT molecular complexity index is 327. The lowest BCUT2D eigenvalue weighted by Crippen LogP contribution is -2.64. The fraction of sp³-hybridized carbons (Fsp3) is 0.778. The van der Waals surface area contributed by atoms with E-state index < -0.39 is 0 Å². The molecule has 3 heterocycles. The molecule has 76 valence electrons. The van der Waals surface area contributed by atoms with Crippen LogP contribution in [0.4, 0.5) is 5.13 Å². The second kappa shape index (κ2) is 3.17. The number of nitrogens with zero attached hydrogens (tertiary/aromatic N) is 3. The summed E-state index contributed by atoms with van der Waals surface area (Å²) in [5, 5.41) is 1.09. The van der Waals surface area contributed by atoms with Crippen molar-refractivity contribution >= 4 is 16.7 Å². The maximum absolute atomic E-state index is 5.43. The van der Waals surface area contributed by atoms with E-state index in [1.807, 2.05) is 0 Å². The third-order valence-electron chi connectivity index (χ3n) is 2.95. The summed E-state index contributed by atoms with van der Waals surface area (Å²) in [7, 11) is 0. The molecule has 2 atom stereocenters. The minimum absolute atomic E-state index is 0.561. The number of anilines is 1. The summed E-state index contributed by atoms with van der Waals surface area (Å²) in [6.45, 7) is 3.81. The summed E-state index contributed by atoms with van der Waals surface area (Å²) in [6, 6.07) is 1.12. The van der Waals surface area contributed by atoms with Crippen molar-refractivity contribution in [2.45, 2.75) is 31.8 Å². The smallest absolute Gasteiger partial charge is 0.205 e. The molecule has 3 rings (SSSR count). The number of hydrogen-bond donors (Lipinski definition) is 0. The molecule has 1 aromatic heterocycles. The van der Waals surface area contributed by atoms with Gasteiger partial charge in [0.05, 0.1) is 25.3 Å². The summed E-state index contributed by atoms with van der Waals surface area (Å²) in [5.41, 5.74) is 0. The number of morpholine rings is 1. The quantitative estimate of drug-likeness (QED) is 0.733. The Hall–Kier alpha value is -0.680. The second-order valence-electron chi connectivity index (χ2n) is 3.83. The first-order valence-electron chi connectivity index (χ1n) is 5.07. The molecule has 0 radical (unpaired) electrons. The monoisotopic (exact) mass is 211 g/mol. The van der Waals surface area contributed by atoms with Crippen LogP contribution in [0.1, 0.15) is 19.2 Å². The Kier molecular flexibility index (Phi) is 1.95. The van der Waals surface area contributed by atoms with Gasteiger partial charge in [-0.1, -0.05) is 6.92 Å². The van der Waals surface area contributed by atoms with Crippen LogP contribution < -0.4 is 4.90 Å². The standard InChI is InChI=1S/C9H13N3OS/c1-2-8-10-9(14-11-8)12-6-3-7(12)5-13-4-6/h6-7H,2-5H2,1H3/t6-,7-/m1/s1. The lowest BCUT2D eigenvalue weighted by Gasteiger charge is -2.52. The van der Waals surface area contributed by atoms with Crippen molar-refractivity contribution in [1.82, 2.24) is 9.36 Å². The highest BCUT2D eigenvalue weighted by molar-refractivity contribution is 7.09. The molecule has 1 aromatic rings. The first-order chi connectivity index (χ1) is 6.88. The number of aromatic nitrogens is 2. The van der Waals surface area contributed by atoms with E-state index in [2.05, 4.69) is 21.2 Å². The molecule has 2 aliphatic heterocycles. The predicted octanol–water partition coefficient (Wildman–Crippen LogP) is 1.08. The van der Waals surface area contributed by atoms with Crippen LogP contribution in [-0.2, 0) is 11.2 Å². The number of aryl methyl sites for hydroxylation is 1. The van der Waals surface area contributed by atoms with Crippen molar-refractivity contribution in [3.05, 3.63) is 5.82 Å². The van der Waals surface area contributed by atoms with E-state index >= 15 is 0 Å². The molecule has 0 N–H and O–H groups in total. The Labute approximate surface area is 87.1 Å².